The van der Waals surface area contributed by atoms with Crippen LogP contribution in [-0.4, -0.2) is 0 Å². The zero-order valence-corrected chi connectivity index (χ0v) is 50.7. The molecule has 0 saturated heterocycles. The maximum atomic E-state index is 10.7. The summed E-state index contributed by atoms with van der Waals surface area (Å²) >= 11 is 0. The maximum absolute atomic E-state index is 10.7. The second kappa shape index (κ2) is 42.7. The molecule has 412 valence electrons. The summed E-state index contributed by atoms with van der Waals surface area (Å²) in [5, 5.41) is 3.70. The third kappa shape index (κ3) is 28.0. The third-order valence-corrected chi connectivity index (χ3v) is 11.2. The Morgan fingerprint density at radius 3 is 0.962 bits per heavy atom. The van der Waals surface area contributed by atoms with E-state index in [0.717, 1.165) is 5.39 Å². The summed E-state index contributed by atoms with van der Waals surface area (Å²) in [7, 11) is 0. The van der Waals surface area contributed by atoms with E-state index in [9.17, 15) is 4.79 Å². The van der Waals surface area contributed by atoms with Crippen molar-refractivity contribution >= 4 is 46.0 Å². The number of para-hydroxylation sites is 1. The van der Waals surface area contributed by atoms with Gasteiger partial charge < -0.3 is 4.42 Å². The summed E-state index contributed by atoms with van der Waals surface area (Å²) in [6.07, 6.45) is 12.5. The Balaban J connectivity index is 0.000000464. The zero-order chi connectivity index (χ0) is 58.6. The van der Waals surface area contributed by atoms with Crippen molar-refractivity contribution in [2.75, 3.05) is 0 Å². The molecule has 0 unspecified atom stereocenters. The van der Waals surface area contributed by atoms with Crippen molar-refractivity contribution in [3.8, 4) is 11.1 Å². The summed E-state index contributed by atoms with van der Waals surface area (Å²) in [5.74, 6) is 0. The lowest BCUT2D eigenvalue weighted by atomic mass is 10.0. The van der Waals surface area contributed by atoms with Gasteiger partial charge in [-0.25, -0.2) is 4.79 Å². The Hall–Kier alpha value is -8.33. The molecule has 2 heteroatoms. The Kier molecular flexibility index (Phi) is 37.2. The molecule has 2 nitrogen and oxygen atoms in total. The molecular weight excluding hydrogens is 957 g/mol. The average Bonchev–Trinajstić information content (AvgIpc) is 3.50. The number of hydrogen-bond acceptors (Lipinski definition) is 2. The van der Waals surface area contributed by atoms with Gasteiger partial charge in [-0.05, 0) is 123 Å². The fourth-order valence-corrected chi connectivity index (χ4v) is 7.31. The van der Waals surface area contributed by atoms with Gasteiger partial charge in [-0.15, -0.1) is 0 Å². The van der Waals surface area contributed by atoms with Gasteiger partial charge in [-0.2, -0.15) is 0 Å². The predicted molar refractivity (Wildman–Crippen MR) is 356 cm³/mol. The second-order valence-corrected chi connectivity index (χ2v) is 17.2. The van der Waals surface area contributed by atoms with Crippen LogP contribution in [0, 0.1) is 41.5 Å². The SMILES string of the molecule is C(=Cc1ccccc1)c1ccccc1.CC.CC.CC.CC.CC=Cc1ccc(C=CC)cc1.Cc1ccc(-c2ccc(C)cc2)cc1.Cc1ccc(C)cc1.Cc1cccc2cccc(C)c12.O=c1ccc2ccccc2o1. The Bertz CT molecular complexity index is 3060. The molecule has 10 rings (SSSR count). The normalized spacial score (nSPS) is 9.67. The molecule has 0 fully saturated rings. The molecule has 79 heavy (non-hydrogen) atoms. The highest BCUT2D eigenvalue weighted by atomic mass is 16.4. The number of fused-ring (bicyclic) bond motifs is 2. The van der Waals surface area contributed by atoms with Crippen molar-refractivity contribution in [1.82, 2.24) is 0 Å². The minimum atomic E-state index is -0.302. The van der Waals surface area contributed by atoms with Gasteiger partial charge in [0.25, 0.3) is 0 Å². The molecular formula is C77H92O2. The first-order valence-electron chi connectivity index (χ1n) is 28.3. The van der Waals surface area contributed by atoms with Crippen LogP contribution in [0.2, 0.25) is 0 Å². The number of rotatable bonds is 5. The summed E-state index contributed by atoms with van der Waals surface area (Å²) in [4.78, 5) is 10.7. The quantitative estimate of drug-likeness (QED) is 0.127. The number of hydrogen-bond donors (Lipinski definition) is 0. The molecule has 10 aromatic rings. The molecule has 0 amide bonds. The van der Waals surface area contributed by atoms with Crippen LogP contribution in [0.5, 0.6) is 0 Å². The lowest BCUT2D eigenvalue weighted by Crippen LogP contribution is -1.93. The molecule has 0 saturated carbocycles. The lowest BCUT2D eigenvalue weighted by molar-refractivity contribution is 0.561. The van der Waals surface area contributed by atoms with Crippen molar-refractivity contribution in [3.05, 3.63) is 309 Å². The molecule has 1 aromatic heterocycles. The molecule has 0 spiro atoms. The van der Waals surface area contributed by atoms with Crippen molar-refractivity contribution in [1.29, 1.82) is 0 Å². The predicted octanol–water partition coefficient (Wildman–Crippen LogP) is 23.2. The van der Waals surface area contributed by atoms with E-state index in [1.54, 1.807) is 12.1 Å². The van der Waals surface area contributed by atoms with Crippen LogP contribution in [0.4, 0.5) is 0 Å². The van der Waals surface area contributed by atoms with Crippen molar-refractivity contribution in [2.24, 2.45) is 0 Å². The highest BCUT2D eigenvalue weighted by molar-refractivity contribution is 5.88. The van der Waals surface area contributed by atoms with Crippen molar-refractivity contribution in [3.63, 3.8) is 0 Å². The van der Waals surface area contributed by atoms with Crippen LogP contribution >= 0.6 is 0 Å². The number of aryl methyl sites for hydroxylation is 6. The molecule has 1 heterocycles. The van der Waals surface area contributed by atoms with E-state index in [1.165, 1.54) is 83.6 Å². The van der Waals surface area contributed by atoms with E-state index in [4.69, 9.17) is 4.42 Å². The van der Waals surface area contributed by atoms with E-state index in [0.29, 0.717) is 5.58 Å². The van der Waals surface area contributed by atoms with Crippen LogP contribution in [-0.2, 0) is 0 Å². The topological polar surface area (TPSA) is 30.2 Å². The standard InChI is InChI=1S/C14H14.C14H12.C12H12.C12H14.C9H6O2.C8H10.4C2H6/c1-11-3-7-13(8-4-11)14-9-5-12(2)6-10-14;1-3-7-13(8-4-1)11-12-14-9-5-2-6-10-14;1-9-5-3-7-11-8-4-6-10(2)12(9)11;1-3-5-11-7-9-12(6-4-2)10-8-11;10-9-6-5-7-3-1-2-4-8(7)11-9;1-7-3-5-8(2)6-4-7;4*1-2/h3-10H,1-2H3;1-12H;3-8H,1-2H3;3-10H,1-2H3;1-6H;3-6H,1-2H3;4*1-2H3. The van der Waals surface area contributed by atoms with Gasteiger partial charge in [0.15, 0.2) is 0 Å². The van der Waals surface area contributed by atoms with Gasteiger partial charge in [-0.1, -0.05) is 326 Å². The first-order valence-corrected chi connectivity index (χ1v) is 28.3. The molecule has 9 aromatic carbocycles. The van der Waals surface area contributed by atoms with Gasteiger partial charge in [0, 0.05) is 11.5 Å². The Morgan fingerprint density at radius 1 is 0.291 bits per heavy atom. The van der Waals surface area contributed by atoms with Crippen molar-refractivity contribution < 1.29 is 4.42 Å². The van der Waals surface area contributed by atoms with E-state index in [2.05, 4.69) is 224 Å². The Labute approximate surface area is 478 Å². The van der Waals surface area contributed by atoms with E-state index >= 15 is 0 Å². The van der Waals surface area contributed by atoms with Gasteiger partial charge in [0.2, 0.25) is 0 Å². The van der Waals surface area contributed by atoms with Crippen LogP contribution < -0.4 is 5.63 Å². The van der Waals surface area contributed by atoms with Crippen LogP contribution in [0.15, 0.2) is 252 Å². The molecule has 0 aliphatic heterocycles. The van der Waals surface area contributed by atoms with Crippen LogP contribution in [0.25, 0.3) is 57.2 Å². The number of benzene rings is 9. The minimum absolute atomic E-state index is 0.302. The highest BCUT2D eigenvalue weighted by Gasteiger charge is 1.99. The smallest absolute Gasteiger partial charge is 0.336 e. The number of allylic oxidation sites excluding steroid dienone is 2. The average molecular weight is 1050 g/mol. The largest absolute Gasteiger partial charge is 0.423 e. The third-order valence-electron chi connectivity index (χ3n) is 11.2. The Morgan fingerprint density at radius 2 is 0.608 bits per heavy atom. The van der Waals surface area contributed by atoms with E-state index in [1.807, 2.05) is 136 Å². The fraction of sp³-hybridized carbons (Fsp3) is 0.208. The molecule has 0 radical (unpaired) electrons. The van der Waals surface area contributed by atoms with Crippen molar-refractivity contribution in [2.45, 2.75) is 111 Å². The van der Waals surface area contributed by atoms with Gasteiger partial charge >= 0.3 is 5.63 Å². The lowest BCUT2D eigenvalue weighted by Gasteiger charge is -2.04. The summed E-state index contributed by atoms with van der Waals surface area (Å²) in [5.41, 5.74) is 15.9. The first kappa shape index (κ1) is 68.7. The zero-order valence-electron chi connectivity index (χ0n) is 50.7. The molecule has 0 aliphatic rings. The van der Waals surface area contributed by atoms with Gasteiger partial charge in [0.1, 0.15) is 5.58 Å². The van der Waals surface area contributed by atoms with E-state index in [-0.39, 0.29) is 5.63 Å². The maximum Gasteiger partial charge on any atom is 0.336 e. The monoisotopic (exact) mass is 1050 g/mol. The minimum Gasteiger partial charge on any atom is -0.423 e. The molecule has 0 aliphatic carbocycles. The van der Waals surface area contributed by atoms with Crippen LogP contribution in [0.3, 0.4) is 0 Å². The van der Waals surface area contributed by atoms with Gasteiger partial charge in [-0.3, -0.25) is 0 Å². The molecule has 0 bridgehead atoms. The van der Waals surface area contributed by atoms with Gasteiger partial charge in [0.05, 0.1) is 0 Å². The molecule has 0 N–H and O–H groups in total. The summed E-state index contributed by atoms with van der Waals surface area (Å²) in [6.45, 7) is 32.8. The summed E-state index contributed by atoms with van der Waals surface area (Å²) in [6, 6.07) is 78.3. The first-order chi connectivity index (χ1) is 38.5. The fourth-order valence-electron chi connectivity index (χ4n) is 7.31. The van der Waals surface area contributed by atoms with E-state index < -0.39 is 0 Å². The van der Waals surface area contributed by atoms with Crippen LogP contribution in [0.1, 0.15) is 125 Å². The molecule has 0 atom stereocenters. The summed E-state index contributed by atoms with van der Waals surface area (Å²) < 4.78 is 4.91. The second-order valence-electron chi connectivity index (χ2n) is 17.2. The highest BCUT2D eigenvalue weighted by Crippen LogP contribution is 2.22.